The molecule has 7 N–H and O–H groups in total. The Balaban J connectivity index is 1.38. The van der Waals surface area contributed by atoms with Gasteiger partial charge in [0.1, 0.15) is 16.3 Å². The minimum Gasteiger partial charge on any atom is -0.399 e. The highest BCUT2D eigenvalue weighted by molar-refractivity contribution is 7.94. The third-order valence-electron chi connectivity index (χ3n) is 7.06. The number of aliphatic imine (C=N–C) groups is 1. The van der Waals surface area contributed by atoms with Crippen LogP contribution in [0.25, 0.3) is 10.8 Å². The number of nitrogens with zero attached hydrogens (tertiary/aromatic N) is 6. The standard InChI is InChI=1S/C29H26ClN9O13S4/c1-16-10-20(53-52-51-40)11-17-12-26(55(43,44)45)25(14-22(16)17)39-38-23-7-4-19(13-24(23)32-15-49-31)34-29-36-27(30)35-28(37-29)33-18-2-5-21(6-3-18)54(41,42)9-8-50-56(46,47)48/h2-7,10-15,40H,8-9,31H2,1H3,(H,43,44,45)(H,46,47,48)(H2,33,34,35,36,37). The van der Waals surface area contributed by atoms with Gasteiger partial charge in [0.2, 0.25) is 23.6 Å². The Kier molecular flexibility index (Phi) is 13.5. The van der Waals surface area contributed by atoms with Crippen molar-refractivity contribution in [2.45, 2.75) is 21.6 Å². The Labute approximate surface area is 326 Å². The van der Waals surface area contributed by atoms with Gasteiger partial charge in [0.05, 0.1) is 35.0 Å². The van der Waals surface area contributed by atoms with Crippen molar-refractivity contribution in [3.05, 3.63) is 77.6 Å². The topological polar surface area (TPSA) is 326 Å². The van der Waals surface area contributed by atoms with Gasteiger partial charge in [0.15, 0.2) is 9.84 Å². The van der Waals surface area contributed by atoms with E-state index in [1.54, 1.807) is 13.0 Å². The zero-order valence-electron chi connectivity index (χ0n) is 28.0. The Morgan fingerprint density at radius 3 is 2.16 bits per heavy atom. The molecule has 0 amide bonds. The number of halogens is 1. The lowest BCUT2D eigenvalue weighted by molar-refractivity contribution is -0.432. The maximum Gasteiger partial charge on any atom is 0.397 e. The second-order valence-electron chi connectivity index (χ2n) is 10.9. The third kappa shape index (κ3) is 11.5. The van der Waals surface area contributed by atoms with Crippen molar-refractivity contribution in [1.29, 1.82) is 0 Å². The van der Waals surface area contributed by atoms with Crippen LogP contribution in [0.4, 0.5) is 40.3 Å². The van der Waals surface area contributed by atoms with E-state index in [1.165, 1.54) is 60.7 Å². The number of hydrogen-bond donors (Lipinski definition) is 6. The zero-order valence-corrected chi connectivity index (χ0v) is 32.1. The second-order valence-corrected chi connectivity index (χ2v) is 16.6. The summed E-state index contributed by atoms with van der Waals surface area (Å²) in [5.74, 6) is 4.32. The van der Waals surface area contributed by atoms with E-state index in [0.29, 0.717) is 44.6 Å². The molecule has 0 spiro atoms. The van der Waals surface area contributed by atoms with Crippen LogP contribution in [-0.4, -0.2) is 73.3 Å². The summed E-state index contributed by atoms with van der Waals surface area (Å²) in [6.07, 6.45) is 0.897. The highest BCUT2D eigenvalue weighted by Gasteiger charge is 2.20. The molecular weight excluding hydrogens is 846 g/mol. The molecule has 5 rings (SSSR count). The first-order chi connectivity index (χ1) is 26.4. The quantitative estimate of drug-likeness (QED) is 0.0124. The number of fused-ring (bicyclic) bond motifs is 1. The molecule has 0 atom stereocenters. The third-order valence-corrected chi connectivity index (χ3v) is 10.8. The van der Waals surface area contributed by atoms with Crippen molar-refractivity contribution in [3.8, 4) is 0 Å². The van der Waals surface area contributed by atoms with Crippen LogP contribution in [0, 0.1) is 6.92 Å². The highest BCUT2D eigenvalue weighted by atomic mass is 35.5. The van der Waals surface area contributed by atoms with Crippen LogP contribution in [0.1, 0.15) is 5.56 Å². The van der Waals surface area contributed by atoms with E-state index in [-0.39, 0.29) is 39.1 Å². The van der Waals surface area contributed by atoms with Gasteiger partial charge in [-0.3, -0.25) is 9.11 Å². The maximum atomic E-state index is 12.5. The molecule has 0 fully saturated rings. The molecule has 4 aromatic carbocycles. The SMILES string of the molecule is Cc1cc(SOOO)cc2cc(S(=O)(=O)O)c(N=Nc3ccc(Nc4nc(Cl)nc(Nc5ccc(S(=O)(=O)CCOS(=O)(=O)O)cc5)n4)cc3N=CON)cc12. The molecule has 0 radical (unpaired) electrons. The van der Waals surface area contributed by atoms with Crippen LogP contribution in [0.5, 0.6) is 0 Å². The van der Waals surface area contributed by atoms with Crippen LogP contribution in [0.2, 0.25) is 5.28 Å². The Morgan fingerprint density at radius 1 is 0.857 bits per heavy atom. The van der Waals surface area contributed by atoms with Crippen molar-refractivity contribution < 1.29 is 58.0 Å². The summed E-state index contributed by atoms with van der Waals surface area (Å²) in [5, 5.41) is 26.8. The Bertz CT molecular complexity index is 2660. The van der Waals surface area contributed by atoms with Gasteiger partial charge in [-0.25, -0.2) is 22.9 Å². The van der Waals surface area contributed by atoms with E-state index in [1.807, 2.05) is 0 Å². The van der Waals surface area contributed by atoms with Gasteiger partial charge >= 0.3 is 10.4 Å². The molecule has 1 heterocycles. The van der Waals surface area contributed by atoms with Crippen LogP contribution >= 0.6 is 23.6 Å². The fourth-order valence-electron chi connectivity index (χ4n) is 4.74. The molecule has 56 heavy (non-hydrogen) atoms. The maximum absolute atomic E-state index is 12.5. The summed E-state index contributed by atoms with van der Waals surface area (Å²) >= 11 is 6.80. The molecule has 0 aliphatic rings. The molecule has 296 valence electrons. The first-order valence-corrected chi connectivity index (χ1v) is 20.6. The number of nitrogens with one attached hydrogen (secondary N) is 2. The monoisotopic (exact) mass is 871 g/mol. The molecule has 1 aromatic heterocycles. The van der Waals surface area contributed by atoms with E-state index in [9.17, 15) is 29.8 Å². The van der Waals surface area contributed by atoms with Gasteiger partial charge in [-0.15, -0.1) is 14.6 Å². The normalized spacial score (nSPS) is 12.5. The van der Waals surface area contributed by atoms with Gasteiger partial charge in [-0.05, 0) is 102 Å². The number of nitrogens with two attached hydrogens (primary N) is 1. The van der Waals surface area contributed by atoms with Crippen molar-refractivity contribution in [1.82, 2.24) is 15.0 Å². The number of sulfone groups is 1. The number of benzene rings is 4. The van der Waals surface area contributed by atoms with Gasteiger partial charge in [-0.2, -0.15) is 37.7 Å². The molecule has 27 heteroatoms. The minimum absolute atomic E-state index is 0.0485. The molecule has 22 nitrogen and oxygen atoms in total. The van der Waals surface area contributed by atoms with Gasteiger partial charge < -0.3 is 15.5 Å². The molecule has 0 bridgehead atoms. The molecule has 0 unspecified atom stereocenters. The summed E-state index contributed by atoms with van der Waals surface area (Å²) < 4.78 is 98.3. The first kappa shape index (κ1) is 42.2. The predicted octanol–water partition coefficient (Wildman–Crippen LogP) is 5.71. The molecular formula is C29H26ClN9O13S4. The Hall–Kier alpha value is -4.97. The summed E-state index contributed by atoms with van der Waals surface area (Å²) in [5.41, 5.74) is 1.34. The van der Waals surface area contributed by atoms with E-state index >= 15 is 0 Å². The number of hydrogen-bond acceptors (Lipinski definition) is 21. The number of azo groups is 1. The largest absolute Gasteiger partial charge is 0.399 e. The Morgan fingerprint density at radius 2 is 1.52 bits per heavy atom. The van der Waals surface area contributed by atoms with E-state index in [2.05, 4.69) is 59.2 Å². The van der Waals surface area contributed by atoms with Gasteiger partial charge in [-0.1, -0.05) is 5.04 Å². The van der Waals surface area contributed by atoms with Crippen molar-refractivity contribution in [2.24, 2.45) is 21.1 Å². The van der Waals surface area contributed by atoms with Crippen LogP contribution in [-0.2, 0) is 48.7 Å². The molecule has 0 saturated carbocycles. The van der Waals surface area contributed by atoms with E-state index < -0.39 is 47.6 Å². The molecule has 0 saturated heterocycles. The molecule has 0 aliphatic heterocycles. The zero-order chi connectivity index (χ0) is 40.7. The van der Waals surface area contributed by atoms with Crippen LogP contribution in [0.3, 0.4) is 0 Å². The second kappa shape index (κ2) is 17.9. The summed E-state index contributed by atoms with van der Waals surface area (Å²) in [7, 11) is -13.6. The fraction of sp³-hybridized carbons (Fsp3) is 0.103. The van der Waals surface area contributed by atoms with Crippen molar-refractivity contribution in [3.63, 3.8) is 0 Å². The van der Waals surface area contributed by atoms with E-state index in [0.717, 1.165) is 6.40 Å². The van der Waals surface area contributed by atoms with E-state index in [4.69, 9.17) is 27.3 Å². The summed E-state index contributed by atoms with van der Waals surface area (Å²) in [4.78, 5) is 20.6. The number of aromatic nitrogens is 3. The lowest BCUT2D eigenvalue weighted by Crippen LogP contribution is -2.15. The van der Waals surface area contributed by atoms with Gasteiger partial charge in [0.25, 0.3) is 10.1 Å². The number of anilines is 4. The molecule has 0 aliphatic carbocycles. The van der Waals surface area contributed by atoms with Crippen molar-refractivity contribution in [2.75, 3.05) is 23.0 Å². The average Bonchev–Trinajstić information content (AvgIpc) is 3.11. The molecule has 5 aromatic rings. The van der Waals surface area contributed by atoms with Crippen molar-refractivity contribution >= 4 is 112 Å². The average molecular weight is 872 g/mol. The number of rotatable bonds is 17. The smallest absolute Gasteiger partial charge is 0.397 e. The first-order valence-electron chi connectivity index (χ1n) is 15.0. The predicted molar refractivity (Wildman–Crippen MR) is 201 cm³/mol. The fourth-order valence-corrected chi connectivity index (χ4v) is 7.53. The van der Waals surface area contributed by atoms with Gasteiger partial charge in [0, 0.05) is 16.3 Å². The lowest BCUT2D eigenvalue weighted by atomic mass is 10.0. The minimum atomic E-state index is -4.80. The number of aryl methyl sites for hydroxylation is 1. The summed E-state index contributed by atoms with van der Waals surface area (Å²) in [6, 6.07) is 15.5. The highest BCUT2D eigenvalue weighted by Crippen LogP contribution is 2.38. The van der Waals surface area contributed by atoms with Crippen LogP contribution in [0.15, 0.2) is 96.6 Å². The lowest BCUT2D eigenvalue weighted by Gasteiger charge is -2.11. The summed E-state index contributed by atoms with van der Waals surface area (Å²) in [6.45, 7) is 0.948. The van der Waals surface area contributed by atoms with Crippen LogP contribution < -0.4 is 16.5 Å².